The van der Waals surface area contributed by atoms with Crippen LogP contribution in [0.3, 0.4) is 0 Å². The van der Waals surface area contributed by atoms with Crippen LogP contribution in [0, 0.1) is 11.8 Å². The Morgan fingerprint density at radius 3 is 2.54 bits per heavy atom. The van der Waals surface area contributed by atoms with Crippen molar-refractivity contribution in [3.63, 3.8) is 0 Å². The molecule has 5 rings (SSSR count). The smallest absolute Gasteiger partial charge is 0.0182 e. The minimum absolute atomic E-state index is 0.792. The fourth-order valence-corrected chi connectivity index (χ4v) is 6.57. The molecule has 0 spiro atoms. The van der Waals surface area contributed by atoms with E-state index in [2.05, 4.69) is 40.1 Å². The van der Waals surface area contributed by atoms with Gasteiger partial charge in [-0.1, -0.05) is 43.2 Å². The standard InChI is InChI=1S/C22H32N2/c1-2-8-17(9-3-1)14-22-19-15-18(20-10-5-7-13-24(20)22)16-23-12-6-4-11-21(19)23/h1-3,8-9,18-22H,4-7,10-16H2/t18-,19-,20-,21+,22?/m0/s1. The Labute approximate surface area is 147 Å². The molecule has 0 radical (unpaired) electrons. The molecule has 0 saturated carbocycles. The third kappa shape index (κ3) is 2.63. The van der Waals surface area contributed by atoms with Crippen molar-refractivity contribution in [1.29, 1.82) is 0 Å². The molecule has 4 aliphatic rings. The summed E-state index contributed by atoms with van der Waals surface area (Å²) in [4.78, 5) is 5.90. The van der Waals surface area contributed by atoms with Crippen LogP contribution in [0.2, 0.25) is 0 Å². The zero-order valence-electron chi connectivity index (χ0n) is 14.9. The largest absolute Gasteiger partial charge is 0.300 e. The highest BCUT2D eigenvalue weighted by atomic mass is 15.3. The molecule has 0 amide bonds. The van der Waals surface area contributed by atoms with Crippen molar-refractivity contribution in [3.8, 4) is 0 Å². The van der Waals surface area contributed by atoms with Gasteiger partial charge in [0.05, 0.1) is 0 Å². The summed E-state index contributed by atoms with van der Waals surface area (Å²) in [5.74, 6) is 1.87. The number of nitrogens with zero attached hydrogens (tertiary/aromatic N) is 2. The predicted octanol–water partition coefficient (Wildman–Crippen LogP) is 3.96. The fourth-order valence-electron chi connectivity index (χ4n) is 6.57. The summed E-state index contributed by atoms with van der Waals surface area (Å²) in [6.07, 6.45) is 11.5. The van der Waals surface area contributed by atoms with E-state index in [0.717, 1.165) is 30.0 Å². The second-order valence-corrected chi connectivity index (χ2v) is 8.78. The van der Waals surface area contributed by atoms with Crippen molar-refractivity contribution >= 4 is 0 Å². The van der Waals surface area contributed by atoms with Crippen LogP contribution in [-0.4, -0.2) is 47.6 Å². The van der Waals surface area contributed by atoms with Crippen molar-refractivity contribution < 1.29 is 0 Å². The lowest BCUT2D eigenvalue weighted by atomic mass is 9.66. The average Bonchev–Trinajstić information content (AvgIpc) is 2.66. The molecule has 4 heterocycles. The lowest BCUT2D eigenvalue weighted by Gasteiger charge is -2.60. The molecule has 4 fully saturated rings. The molecule has 0 aromatic heterocycles. The van der Waals surface area contributed by atoms with E-state index < -0.39 is 0 Å². The quantitative estimate of drug-likeness (QED) is 0.812. The highest BCUT2D eigenvalue weighted by molar-refractivity contribution is 5.18. The van der Waals surface area contributed by atoms with Gasteiger partial charge in [0.15, 0.2) is 0 Å². The van der Waals surface area contributed by atoms with Crippen molar-refractivity contribution in [2.45, 2.75) is 69.5 Å². The van der Waals surface area contributed by atoms with Gasteiger partial charge in [0.2, 0.25) is 0 Å². The van der Waals surface area contributed by atoms with E-state index in [-0.39, 0.29) is 0 Å². The van der Waals surface area contributed by atoms with Gasteiger partial charge in [-0.3, -0.25) is 9.80 Å². The normalized spacial score (nSPS) is 39.9. The second kappa shape index (κ2) is 6.46. The van der Waals surface area contributed by atoms with E-state index in [1.54, 1.807) is 5.56 Å². The topological polar surface area (TPSA) is 6.48 Å². The van der Waals surface area contributed by atoms with Gasteiger partial charge in [0, 0.05) is 24.7 Å². The summed E-state index contributed by atoms with van der Waals surface area (Å²) < 4.78 is 0. The summed E-state index contributed by atoms with van der Waals surface area (Å²) in [6, 6.07) is 13.9. The first kappa shape index (κ1) is 15.4. The van der Waals surface area contributed by atoms with Crippen LogP contribution in [0.25, 0.3) is 0 Å². The van der Waals surface area contributed by atoms with Gasteiger partial charge in [-0.25, -0.2) is 0 Å². The Morgan fingerprint density at radius 1 is 0.875 bits per heavy atom. The highest BCUT2D eigenvalue weighted by Crippen LogP contribution is 2.46. The Kier molecular flexibility index (Phi) is 4.14. The number of hydrogen-bond acceptors (Lipinski definition) is 2. The molecule has 1 unspecified atom stereocenters. The molecule has 2 heteroatoms. The van der Waals surface area contributed by atoms with Gasteiger partial charge in [-0.05, 0) is 69.0 Å². The Hall–Kier alpha value is -0.860. The zero-order valence-corrected chi connectivity index (χ0v) is 14.9. The van der Waals surface area contributed by atoms with Crippen LogP contribution in [0.15, 0.2) is 30.3 Å². The molecule has 4 saturated heterocycles. The molecule has 130 valence electrons. The minimum Gasteiger partial charge on any atom is -0.300 e. The molecular weight excluding hydrogens is 292 g/mol. The molecule has 1 aromatic carbocycles. The van der Waals surface area contributed by atoms with Gasteiger partial charge in [0.1, 0.15) is 0 Å². The average molecular weight is 325 g/mol. The molecular formula is C22H32N2. The van der Waals surface area contributed by atoms with E-state index in [4.69, 9.17) is 0 Å². The van der Waals surface area contributed by atoms with Crippen LogP contribution in [0.4, 0.5) is 0 Å². The maximum atomic E-state index is 2.99. The fraction of sp³-hybridized carbons (Fsp3) is 0.727. The molecule has 4 aliphatic heterocycles. The van der Waals surface area contributed by atoms with E-state index in [1.807, 2.05) is 0 Å². The van der Waals surface area contributed by atoms with Gasteiger partial charge in [-0.15, -0.1) is 0 Å². The molecule has 24 heavy (non-hydrogen) atoms. The molecule has 0 aliphatic carbocycles. The number of piperidine rings is 4. The van der Waals surface area contributed by atoms with Gasteiger partial charge in [0.25, 0.3) is 0 Å². The molecule has 1 aromatic rings. The first-order chi connectivity index (χ1) is 11.9. The summed E-state index contributed by atoms with van der Waals surface area (Å²) in [5.41, 5.74) is 1.55. The van der Waals surface area contributed by atoms with Crippen molar-refractivity contribution in [1.82, 2.24) is 9.80 Å². The van der Waals surface area contributed by atoms with Crippen LogP contribution >= 0.6 is 0 Å². The Morgan fingerprint density at radius 2 is 1.67 bits per heavy atom. The van der Waals surface area contributed by atoms with Crippen molar-refractivity contribution in [3.05, 3.63) is 35.9 Å². The monoisotopic (exact) mass is 324 g/mol. The maximum absolute atomic E-state index is 2.99. The van der Waals surface area contributed by atoms with Crippen LogP contribution in [-0.2, 0) is 6.42 Å². The first-order valence-corrected chi connectivity index (χ1v) is 10.4. The van der Waals surface area contributed by atoms with E-state index in [9.17, 15) is 0 Å². The Bertz CT molecular complexity index is 554. The van der Waals surface area contributed by atoms with Crippen LogP contribution in [0.5, 0.6) is 0 Å². The van der Waals surface area contributed by atoms with Crippen LogP contribution < -0.4 is 0 Å². The van der Waals surface area contributed by atoms with E-state index >= 15 is 0 Å². The zero-order chi connectivity index (χ0) is 15.9. The third-order valence-electron chi connectivity index (χ3n) is 7.55. The third-order valence-corrected chi connectivity index (χ3v) is 7.55. The highest BCUT2D eigenvalue weighted by Gasteiger charge is 2.51. The maximum Gasteiger partial charge on any atom is 0.0182 e. The SMILES string of the molecule is c1ccc(CC2[C@H]3C[C@@H](CN4CCCC[C@H]34)[C@@H]3CCCCN23)cc1. The lowest BCUT2D eigenvalue weighted by molar-refractivity contribution is -0.106. The molecule has 2 bridgehead atoms. The predicted molar refractivity (Wildman–Crippen MR) is 99.1 cm³/mol. The summed E-state index contributed by atoms with van der Waals surface area (Å²) in [5, 5.41) is 0. The van der Waals surface area contributed by atoms with Crippen molar-refractivity contribution in [2.24, 2.45) is 11.8 Å². The van der Waals surface area contributed by atoms with Crippen LogP contribution in [0.1, 0.15) is 50.5 Å². The van der Waals surface area contributed by atoms with Gasteiger partial charge >= 0.3 is 0 Å². The number of benzene rings is 1. The first-order valence-electron chi connectivity index (χ1n) is 10.4. The number of hydrogen-bond donors (Lipinski definition) is 0. The summed E-state index contributed by atoms with van der Waals surface area (Å²) >= 11 is 0. The number of rotatable bonds is 2. The molecule has 5 atom stereocenters. The minimum atomic E-state index is 0.792. The Balaban J connectivity index is 1.46. The van der Waals surface area contributed by atoms with E-state index in [0.29, 0.717) is 0 Å². The van der Waals surface area contributed by atoms with E-state index in [1.165, 1.54) is 71.0 Å². The summed E-state index contributed by atoms with van der Waals surface area (Å²) in [6.45, 7) is 4.14. The summed E-state index contributed by atoms with van der Waals surface area (Å²) in [7, 11) is 0. The van der Waals surface area contributed by atoms with Gasteiger partial charge < -0.3 is 0 Å². The lowest BCUT2D eigenvalue weighted by Crippen LogP contribution is -2.67. The van der Waals surface area contributed by atoms with Crippen molar-refractivity contribution in [2.75, 3.05) is 19.6 Å². The number of fused-ring (bicyclic) bond motifs is 6. The molecule has 2 nitrogen and oxygen atoms in total. The second-order valence-electron chi connectivity index (χ2n) is 8.78. The van der Waals surface area contributed by atoms with Gasteiger partial charge in [-0.2, -0.15) is 0 Å². The molecule has 0 N–H and O–H groups in total.